The van der Waals surface area contributed by atoms with Crippen molar-refractivity contribution in [2.45, 2.75) is 45.4 Å². The van der Waals surface area contributed by atoms with Crippen LogP contribution in [-0.4, -0.2) is 19.3 Å². The molecule has 0 aliphatic rings. The van der Waals surface area contributed by atoms with Crippen LogP contribution in [0.2, 0.25) is 0 Å². The summed E-state index contributed by atoms with van der Waals surface area (Å²) in [6, 6.07) is 8.61. The highest BCUT2D eigenvalue weighted by Gasteiger charge is 2.15. The molecule has 0 aliphatic heterocycles. The summed E-state index contributed by atoms with van der Waals surface area (Å²) in [6.45, 7) is 11.1. The average molecular weight is 305 g/mol. The summed E-state index contributed by atoms with van der Waals surface area (Å²) in [5, 5.41) is 9.54. The molecular weight excluding hydrogens is 276 g/mol. The highest BCUT2D eigenvalue weighted by Crippen LogP contribution is 2.29. The molecule has 1 aromatic rings. The summed E-state index contributed by atoms with van der Waals surface area (Å²) in [4.78, 5) is 3.48. The van der Waals surface area contributed by atoms with Crippen molar-refractivity contribution in [1.82, 2.24) is 0 Å². The lowest BCUT2D eigenvalue weighted by atomic mass is 10.1. The molecule has 0 radical (unpaired) electrons. The van der Waals surface area contributed by atoms with E-state index in [1.807, 2.05) is 12.3 Å². The number of hydrogen-bond acceptors (Lipinski definition) is 3. The van der Waals surface area contributed by atoms with Gasteiger partial charge in [-0.15, -0.1) is 11.8 Å². The van der Waals surface area contributed by atoms with Crippen LogP contribution in [0.1, 0.15) is 46.1 Å². The minimum absolute atomic E-state index is 0.681. The van der Waals surface area contributed by atoms with E-state index in [-0.39, 0.29) is 0 Å². The minimum atomic E-state index is 0.681. The molecule has 116 valence electrons. The zero-order chi connectivity index (χ0) is 15.8. The second-order valence-electron chi connectivity index (χ2n) is 6.32. The van der Waals surface area contributed by atoms with Crippen LogP contribution in [0.15, 0.2) is 23.1 Å². The molecule has 3 heteroatoms. The Kier molecular flexibility index (Phi) is 7.67. The molecule has 0 fully saturated rings. The van der Waals surface area contributed by atoms with E-state index in [0.29, 0.717) is 11.8 Å². The number of nitriles is 1. The van der Waals surface area contributed by atoms with Gasteiger partial charge in [0, 0.05) is 18.0 Å². The fraction of sp³-hybridized carbons (Fsp3) is 0.611. The van der Waals surface area contributed by atoms with Crippen molar-refractivity contribution >= 4 is 17.4 Å². The van der Waals surface area contributed by atoms with Crippen LogP contribution >= 0.6 is 11.8 Å². The third kappa shape index (κ3) is 5.63. The lowest BCUT2D eigenvalue weighted by Crippen LogP contribution is -2.28. The van der Waals surface area contributed by atoms with Gasteiger partial charge in [0.1, 0.15) is 6.07 Å². The van der Waals surface area contributed by atoms with Gasteiger partial charge in [0.25, 0.3) is 0 Å². The monoisotopic (exact) mass is 304 g/mol. The quantitative estimate of drug-likeness (QED) is 0.619. The first kappa shape index (κ1) is 17.9. The van der Waals surface area contributed by atoms with Gasteiger partial charge in [0.05, 0.1) is 11.3 Å². The summed E-state index contributed by atoms with van der Waals surface area (Å²) in [7, 11) is 0. The Morgan fingerprint density at radius 1 is 1.10 bits per heavy atom. The standard InChI is InChI=1S/C18H28N2S/c1-14(2)9-11-20(12-10-15(3)4)17-7-6-8-18(21-5)16(17)13-19/h6-8,14-15H,9-12H2,1-5H3. The molecule has 0 unspecified atom stereocenters. The van der Waals surface area contributed by atoms with Crippen molar-refractivity contribution in [1.29, 1.82) is 5.26 Å². The molecule has 1 rings (SSSR count). The van der Waals surface area contributed by atoms with Gasteiger partial charge in [-0.2, -0.15) is 5.26 Å². The Bertz CT molecular complexity index is 463. The van der Waals surface area contributed by atoms with E-state index in [1.165, 1.54) is 0 Å². The Morgan fingerprint density at radius 3 is 2.10 bits per heavy atom. The third-order valence-electron chi connectivity index (χ3n) is 3.63. The van der Waals surface area contributed by atoms with Gasteiger partial charge in [-0.3, -0.25) is 0 Å². The Morgan fingerprint density at radius 2 is 1.67 bits per heavy atom. The first-order valence-corrected chi connectivity index (χ1v) is 9.04. The molecule has 0 spiro atoms. The molecule has 0 N–H and O–H groups in total. The largest absolute Gasteiger partial charge is 0.370 e. The summed E-state index contributed by atoms with van der Waals surface area (Å²) in [5.41, 5.74) is 1.93. The SMILES string of the molecule is CSc1cccc(N(CCC(C)C)CCC(C)C)c1C#N. The number of rotatable bonds is 8. The predicted molar refractivity (Wildman–Crippen MR) is 94.1 cm³/mol. The molecule has 0 amide bonds. The van der Waals surface area contributed by atoms with Crippen LogP contribution in [0.3, 0.4) is 0 Å². The summed E-state index contributed by atoms with van der Waals surface area (Å²) >= 11 is 1.65. The molecule has 0 aliphatic carbocycles. The normalized spacial score (nSPS) is 11.0. The molecule has 0 saturated heterocycles. The molecule has 0 aromatic heterocycles. The second kappa shape index (κ2) is 9.00. The molecular formula is C18H28N2S. The van der Waals surface area contributed by atoms with Gasteiger partial charge < -0.3 is 4.90 Å². The van der Waals surface area contributed by atoms with Crippen molar-refractivity contribution in [3.8, 4) is 6.07 Å². The van der Waals surface area contributed by atoms with Crippen LogP contribution in [0.25, 0.3) is 0 Å². The zero-order valence-corrected chi connectivity index (χ0v) is 14.8. The van der Waals surface area contributed by atoms with Crippen LogP contribution in [-0.2, 0) is 0 Å². The fourth-order valence-electron chi connectivity index (χ4n) is 2.25. The Labute approximate surface area is 134 Å². The highest BCUT2D eigenvalue weighted by atomic mass is 32.2. The highest BCUT2D eigenvalue weighted by molar-refractivity contribution is 7.98. The third-order valence-corrected chi connectivity index (χ3v) is 4.41. The van der Waals surface area contributed by atoms with E-state index in [2.05, 4.69) is 50.8 Å². The van der Waals surface area contributed by atoms with Gasteiger partial charge in [0.2, 0.25) is 0 Å². The van der Waals surface area contributed by atoms with E-state index >= 15 is 0 Å². The van der Waals surface area contributed by atoms with Crippen molar-refractivity contribution in [2.75, 3.05) is 24.2 Å². The van der Waals surface area contributed by atoms with Gasteiger partial charge in [-0.05, 0) is 43.1 Å². The van der Waals surface area contributed by atoms with E-state index in [4.69, 9.17) is 0 Å². The molecule has 0 heterocycles. The number of thioether (sulfide) groups is 1. The average Bonchev–Trinajstić information content (AvgIpc) is 2.45. The van der Waals surface area contributed by atoms with E-state index in [0.717, 1.165) is 42.1 Å². The Hall–Kier alpha value is -1.14. The Balaban J connectivity index is 3.03. The van der Waals surface area contributed by atoms with E-state index in [1.54, 1.807) is 11.8 Å². The smallest absolute Gasteiger partial charge is 0.103 e. The van der Waals surface area contributed by atoms with Crippen LogP contribution < -0.4 is 4.90 Å². The maximum absolute atomic E-state index is 9.54. The second-order valence-corrected chi connectivity index (χ2v) is 7.17. The van der Waals surface area contributed by atoms with Crippen molar-refractivity contribution < 1.29 is 0 Å². The lowest BCUT2D eigenvalue weighted by Gasteiger charge is -2.28. The van der Waals surface area contributed by atoms with Crippen molar-refractivity contribution in [2.24, 2.45) is 11.8 Å². The molecule has 2 nitrogen and oxygen atoms in total. The molecule has 0 bridgehead atoms. The van der Waals surface area contributed by atoms with E-state index in [9.17, 15) is 5.26 Å². The van der Waals surface area contributed by atoms with Gasteiger partial charge in [-0.1, -0.05) is 33.8 Å². The number of nitrogens with zero attached hydrogens (tertiary/aromatic N) is 2. The summed E-state index contributed by atoms with van der Waals surface area (Å²) in [5.74, 6) is 1.36. The first-order chi connectivity index (χ1) is 9.99. The van der Waals surface area contributed by atoms with Crippen LogP contribution in [0, 0.1) is 23.2 Å². The maximum Gasteiger partial charge on any atom is 0.103 e. The molecule has 0 atom stereocenters. The first-order valence-electron chi connectivity index (χ1n) is 7.81. The maximum atomic E-state index is 9.54. The summed E-state index contributed by atoms with van der Waals surface area (Å²) < 4.78 is 0. The van der Waals surface area contributed by atoms with Crippen molar-refractivity contribution in [3.05, 3.63) is 23.8 Å². The number of anilines is 1. The van der Waals surface area contributed by atoms with Gasteiger partial charge in [0.15, 0.2) is 0 Å². The lowest BCUT2D eigenvalue weighted by molar-refractivity contribution is 0.535. The molecule has 21 heavy (non-hydrogen) atoms. The number of benzene rings is 1. The van der Waals surface area contributed by atoms with Gasteiger partial charge >= 0.3 is 0 Å². The topological polar surface area (TPSA) is 27.0 Å². The van der Waals surface area contributed by atoms with Crippen molar-refractivity contribution in [3.63, 3.8) is 0 Å². The minimum Gasteiger partial charge on any atom is -0.370 e. The zero-order valence-electron chi connectivity index (χ0n) is 14.0. The fourth-order valence-corrected chi connectivity index (χ4v) is 2.82. The predicted octanol–water partition coefficient (Wildman–Crippen LogP) is 5.18. The van der Waals surface area contributed by atoms with Crippen LogP contribution in [0.5, 0.6) is 0 Å². The summed E-state index contributed by atoms with van der Waals surface area (Å²) in [6.07, 6.45) is 4.35. The molecule has 1 aromatic carbocycles. The number of hydrogen-bond donors (Lipinski definition) is 0. The van der Waals surface area contributed by atoms with Crippen LogP contribution in [0.4, 0.5) is 5.69 Å². The van der Waals surface area contributed by atoms with Gasteiger partial charge in [-0.25, -0.2) is 0 Å². The van der Waals surface area contributed by atoms with E-state index < -0.39 is 0 Å². The molecule has 0 saturated carbocycles.